The van der Waals surface area contributed by atoms with Gasteiger partial charge in [0.2, 0.25) is 5.91 Å². The van der Waals surface area contributed by atoms with E-state index < -0.39 is 0 Å². The highest BCUT2D eigenvalue weighted by molar-refractivity contribution is 5.78. The van der Waals surface area contributed by atoms with Crippen LogP contribution < -0.4 is 10.6 Å². The monoisotopic (exact) mass is 235 g/mol. The molecule has 2 saturated heterocycles. The van der Waals surface area contributed by atoms with Crippen LogP contribution in [0.25, 0.3) is 0 Å². The zero-order valence-electron chi connectivity index (χ0n) is 10.6. The van der Waals surface area contributed by atoms with Crippen molar-refractivity contribution in [2.75, 3.05) is 32.7 Å². The molecule has 2 aliphatic heterocycles. The smallest absolute Gasteiger partial charge is 0.234 e. The molecular formula is C13H21N3O. The molecule has 0 spiro atoms. The first-order chi connectivity index (χ1) is 8.05. The molecule has 0 saturated carbocycles. The summed E-state index contributed by atoms with van der Waals surface area (Å²) in [4.78, 5) is 14.0. The van der Waals surface area contributed by atoms with E-state index in [1.54, 1.807) is 0 Å². The van der Waals surface area contributed by atoms with Gasteiger partial charge in [-0.15, -0.1) is 6.42 Å². The summed E-state index contributed by atoms with van der Waals surface area (Å²) in [6, 6.07) is 0. The van der Waals surface area contributed by atoms with Crippen LogP contribution in [0, 0.1) is 24.2 Å². The zero-order chi connectivity index (χ0) is 12.5. The van der Waals surface area contributed by atoms with Gasteiger partial charge in [0.1, 0.15) is 0 Å². The van der Waals surface area contributed by atoms with E-state index in [4.69, 9.17) is 6.42 Å². The summed E-state index contributed by atoms with van der Waals surface area (Å²) in [7, 11) is 0. The number of terminal acetylenes is 1. The number of hydrogen-bond acceptors (Lipinski definition) is 3. The van der Waals surface area contributed by atoms with Gasteiger partial charge < -0.3 is 10.6 Å². The van der Waals surface area contributed by atoms with E-state index >= 15 is 0 Å². The van der Waals surface area contributed by atoms with Crippen molar-refractivity contribution in [3.63, 3.8) is 0 Å². The molecule has 0 bridgehead atoms. The Morgan fingerprint density at radius 1 is 1.59 bits per heavy atom. The Kier molecular flexibility index (Phi) is 3.41. The topological polar surface area (TPSA) is 44.4 Å². The second-order valence-corrected chi connectivity index (χ2v) is 5.54. The van der Waals surface area contributed by atoms with Crippen molar-refractivity contribution in [3.8, 4) is 12.3 Å². The maximum Gasteiger partial charge on any atom is 0.234 e. The fourth-order valence-corrected chi connectivity index (χ4v) is 3.15. The number of nitrogens with one attached hydrogen (secondary N) is 2. The fraction of sp³-hybridized carbons (Fsp3) is 0.769. The number of nitrogens with zero attached hydrogens (tertiary/aromatic N) is 1. The number of carbonyl (C=O) groups excluding carboxylic acids is 1. The van der Waals surface area contributed by atoms with Crippen LogP contribution in [0.4, 0.5) is 0 Å². The molecule has 2 unspecified atom stereocenters. The van der Waals surface area contributed by atoms with Gasteiger partial charge in [-0.1, -0.05) is 5.92 Å². The zero-order valence-corrected chi connectivity index (χ0v) is 10.6. The number of amides is 1. The Hall–Kier alpha value is -1.05. The van der Waals surface area contributed by atoms with E-state index in [0.717, 1.165) is 19.6 Å². The van der Waals surface area contributed by atoms with Crippen molar-refractivity contribution in [1.82, 2.24) is 15.5 Å². The number of hydrogen-bond donors (Lipinski definition) is 2. The lowest BCUT2D eigenvalue weighted by atomic mass is 9.85. The fourth-order valence-electron chi connectivity index (χ4n) is 3.15. The number of rotatable bonds is 3. The van der Waals surface area contributed by atoms with Gasteiger partial charge in [-0.2, -0.15) is 0 Å². The average molecular weight is 235 g/mol. The van der Waals surface area contributed by atoms with E-state index in [2.05, 4.69) is 35.3 Å². The molecule has 17 heavy (non-hydrogen) atoms. The molecule has 2 N–H and O–H groups in total. The van der Waals surface area contributed by atoms with Gasteiger partial charge in [0.25, 0.3) is 0 Å². The Bertz CT molecular complexity index is 345. The number of likely N-dealkylation sites (tertiary alicyclic amines) is 1. The normalized spacial score (nSPS) is 30.9. The van der Waals surface area contributed by atoms with Crippen LogP contribution >= 0.6 is 0 Å². The lowest BCUT2D eigenvalue weighted by molar-refractivity contribution is -0.123. The lowest BCUT2D eigenvalue weighted by Crippen LogP contribution is -2.48. The maximum absolute atomic E-state index is 11.7. The number of fused-ring (bicyclic) bond motifs is 1. The Balaban J connectivity index is 1.94. The molecule has 1 amide bonds. The van der Waals surface area contributed by atoms with E-state index in [1.807, 2.05) is 0 Å². The van der Waals surface area contributed by atoms with Gasteiger partial charge in [-0.25, -0.2) is 0 Å². The van der Waals surface area contributed by atoms with Crippen molar-refractivity contribution in [2.24, 2.45) is 11.8 Å². The predicted molar refractivity (Wildman–Crippen MR) is 67.3 cm³/mol. The maximum atomic E-state index is 11.7. The molecule has 0 aromatic heterocycles. The molecule has 0 radical (unpaired) electrons. The van der Waals surface area contributed by atoms with Crippen LogP contribution in [0.15, 0.2) is 0 Å². The first-order valence-electron chi connectivity index (χ1n) is 6.21. The lowest BCUT2D eigenvalue weighted by Gasteiger charge is -2.35. The molecule has 2 aliphatic rings. The molecule has 2 heterocycles. The largest absolute Gasteiger partial charge is 0.344 e. The summed E-state index contributed by atoms with van der Waals surface area (Å²) in [6.07, 6.45) is 5.13. The average Bonchev–Trinajstić information content (AvgIpc) is 2.81. The molecular weight excluding hydrogens is 214 g/mol. The van der Waals surface area contributed by atoms with E-state index in [9.17, 15) is 4.79 Å². The first kappa shape index (κ1) is 12.4. The predicted octanol–water partition coefficient (Wildman–Crippen LogP) is -0.334. The highest BCUT2D eigenvalue weighted by atomic mass is 16.2. The number of carbonyl (C=O) groups is 1. The SMILES string of the molecule is C#CCNC(=O)CN1CC2CNCC2C1(C)C. The van der Waals surface area contributed by atoms with Crippen molar-refractivity contribution >= 4 is 5.91 Å². The summed E-state index contributed by atoms with van der Waals surface area (Å²) in [6.45, 7) is 8.41. The van der Waals surface area contributed by atoms with Gasteiger partial charge in [-0.05, 0) is 32.2 Å². The van der Waals surface area contributed by atoms with Crippen molar-refractivity contribution in [1.29, 1.82) is 0 Å². The van der Waals surface area contributed by atoms with Gasteiger partial charge in [0, 0.05) is 18.6 Å². The molecule has 2 atom stereocenters. The second kappa shape index (κ2) is 4.67. The quantitative estimate of drug-likeness (QED) is 0.658. The Morgan fingerprint density at radius 2 is 2.35 bits per heavy atom. The van der Waals surface area contributed by atoms with Crippen molar-refractivity contribution in [3.05, 3.63) is 0 Å². The van der Waals surface area contributed by atoms with Crippen LogP contribution in [0.3, 0.4) is 0 Å². The van der Waals surface area contributed by atoms with Crippen molar-refractivity contribution in [2.45, 2.75) is 19.4 Å². The highest BCUT2D eigenvalue weighted by Gasteiger charge is 2.49. The highest BCUT2D eigenvalue weighted by Crippen LogP contribution is 2.40. The third-order valence-corrected chi connectivity index (χ3v) is 4.24. The van der Waals surface area contributed by atoms with Crippen LogP contribution in [-0.2, 0) is 4.79 Å². The second-order valence-electron chi connectivity index (χ2n) is 5.54. The van der Waals surface area contributed by atoms with E-state index in [1.165, 1.54) is 0 Å². The summed E-state index contributed by atoms with van der Waals surface area (Å²) >= 11 is 0. The standard InChI is InChI=1S/C13H21N3O/c1-4-5-15-12(17)9-16-8-10-6-14-7-11(10)13(16,2)3/h1,10-11,14H,5-9H2,2-3H3,(H,15,17). The third kappa shape index (κ3) is 2.31. The molecule has 2 fully saturated rings. The minimum atomic E-state index is 0.0314. The van der Waals surface area contributed by atoms with Gasteiger partial charge in [-0.3, -0.25) is 9.69 Å². The first-order valence-corrected chi connectivity index (χ1v) is 6.21. The summed E-state index contributed by atoms with van der Waals surface area (Å²) in [5.41, 5.74) is 0.0989. The van der Waals surface area contributed by atoms with Gasteiger partial charge in [0.15, 0.2) is 0 Å². The summed E-state index contributed by atoms with van der Waals surface area (Å²) < 4.78 is 0. The van der Waals surface area contributed by atoms with Crippen LogP contribution in [-0.4, -0.2) is 49.1 Å². The van der Waals surface area contributed by atoms with Crippen LogP contribution in [0.5, 0.6) is 0 Å². The van der Waals surface area contributed by atoms with E-state index in [0.29, 0.717) is 24.9 Å². The van der Waals surface area contributed by atoms with Crippen LogP contribution in [0.2, 0.25) is 0 Å². The molecule has 94 valence electrons. The Labute approximate surface area is 103 Å². The van der Waals surface area contributed by atoms with Crippen molar-refractivity contribution < 1.29 is 4.79 Å². The minimum absolute atomic E-state index is 0.0314. The Morgan fingerprint density at radius 3 is 3.00 bits per heavy atom. The van der Waals surface area contributed by atoms with E-state index in [-0.39, 0.29) is 11.4 Å². The molecule has 4 heteroatoms. The van der Waals surface area contributed by atoms with Crippen LogP contribution in [0.1, 0.15) is 13.8 Å². The summed E-state index contributed by atoms with van der Waals surface area (Å²) in [5.74, 6) is 3.80. The molecule has 4 nitrogen and oxygen atoms in total. The molecule has 0 aliphatic carbocycles. The third-order valence-electron chi connectivity index (χ3n) is 4.24. The molecule has 0 aromatic rings. The van der Waals surface area contributed by atoms with Gasteiger partial charge >= 0.3 is 0 Å². The molecule has 2 rings (SSSR count). The summed E-state index contributed by atoms with van der Waals surface area (Å²) in [5, 5.41) is 6.16. The van der Waals surface area contributed by atoms with Gasteiger partial charge in [0.05, 0.1) is 13.1 Å². The molecule has 0 aromatic carbocycles. The minimum Gasteiger partial charge on any atom is -0.344 e.